The second-order valence-corrected chi connectivity index (χ2v) is 5.98. The molecule has 1 aromatic rings. The first-order valence-electron chi connectivity index (χ1n) is 6.91. The van der Waals surface area contributed by atoms with Gasteiger partial charge >= 0.3 is 13.1 Å². The standard InChI is InChI=1S/C15H21BO4/c1-6-13(17)18-12-9-7-11(8-10-12)16-19-14(2,3)15(4,5)20-16/h7-10H,6H2,1-5H3. The Hall–Kier alpha value is -1.33. The zero-order chi connectivity index (χ0) is 15.0. The minimum absolute atomic E-state index is 0.242. The Bertz CT molecular complexity index is 477. The molecule has 1 fully saturated rings. The van der Waals surface area contributed by atoms with Crippen LogP contribution in [0.5, 0.6) is 5.75 Å². The second kappa shape index (κ2) is 5.22. The number of hydrogen-bond donors (Lipinski definition) is 0. The molecule has 2 rings (SSSR count). The zero-order valence-corrected chi connectivity index (χ0v) is 12.7. The molecule has 0 aliphatic carbocycles. The van der Waals surface area contributed by atoms with E-state index in [2.05, 4.69) is 0 Å². The maximum absolute atomic E-state index is 11.2. The monoisotopic (exact) mass is 276 g/mol. The molecular weight excluding hydrogens is 255 g/mol. The molecule has 108 valence electrons. The number of benzene rings is 1. The Kier molecular flexibility index (Phi) is 3.94. The van der Waals surface area contributed by atoms with E-state index in [0.717, 1.165) is 5.46 Å². The quantitative estimate of drug-likeness (QED) is 0.483. The highest BCUT2D eigenvalue weighted by atomic mass is 16.7. The summed E-state index contributed by atoms with van der Waals surface area (Å²) in [6, 6.07) is 7.24. The van der Waals surface area contributed by atoms with Gasteiger partial charge in [-0.05, 0) is 45.3 Å². The molecule has 0 saturated carbocycles. The van der Waals surface area contributed by atoms with Gasteiger partial charge in [0.1, 0.15) is 5.75 Å². The van der Waals surface area contributed by atoms with Crippen LogP contribution in [0.15, 0.2) is 24.3 Å². The first kappa shape index (κ1) is 15.1. The van der Waals surface area contributed by atoms with E-state index in [9.17, 15) is 4.79 Å². The normalized spacial score (nSPS) is 19.9. The second-order valence-electron chi connectivity index (χ2n) is 5.98. The van der Waals surface area contributed by atoms with Gasteiger partial charge in [0.15, 0.2) is 0 Å². The van der Waals surface area contributed by atoms with E-state index in [1.807, 2.05) is 39.8 Å². The van der Waals surface area contributed by atoms with Gasteiger partial charge in [-0.2, -0.15) is 0 Å². The van der Waals surface area contributed by atoms with Crippen LogP contribution in [0, 0.1) is 0 Å². The lowest BCUT2D eigenvalue weighted by molar-refractivity contribution is -0.134. The van der Waals surface area contributed by atoms with Crippen LogP contribution in [0.1, 0.15) is 41.0 Å². The van der Waals surface area contributed by atoms with Crippen LogP contribution >= 0.6 is 0 Å². The molecule has 4 nitrogen and oxygen atoms in total. The fraction of sp³-hybridized carbons (Fsp3) is 0.533. The van der Waals surface area contributed by atoms with Crippen molar-refractivity contribution in [3.8, 4) is 5.75 Å². The molecule has 1 aliphatic heterocycles. The molecule has 0 aromatic heterocycles. The average molecular weight is 276 g/mol. The summed E-state index contributed by atoms with van der Waals surface area (Å²) in [4.78, 5) is 11.2. The van der Waals surface area contributed by atoms with Gasteiger partial charge < -0.3 is 14.0 Å². The molecule has 0 spiro atoms. The number of hydrogen-bond acceptors (Lipinski definition) is 4. The fourth-order valence-corrected chi connectivity index (χ4v) is 1.88. The minimum atomic E-state index is -0.393. The lowest BCUT2D eigenvalue weighted by Gasteiger charge is -2.32. The number of carbonyl (C=O) groups excluding carboxylic acids is 1. The number of carbonyl (C=O) groups is 1. The molecule has 1 aromatic carbocycles. The van der Waals surface area contributed by atoms with Gasteiger partial charge in [0.2, 0.25) is 0 Å². The third-order valence-electron chi connectivity index (χ3n) is 3.93. The smallest absolute Gasteiger partial charge is 0.427 e. The van der Waals surface area contributed by atoms with Crippen LogP contribution in [0.4, 0.5) is 0 Å². The lowest BCUT2D eigenvalue weighted by atomic mass is 9.79. The maximum atomic E-state index is 11.2. The predicted molar refractivity (Wildman–Crippen MR) is 78.1 cm³/mol. The molecule has 0 amide bonds. The molecular formula is C15H21BO4. The number of ether oxygens (including phenoxy) is 1. The Morgan fingerprint density at radius 2 is 1.60 bits per heavy atom. The van der Waals surface area contributed by atoms with Gasteiger partial charge in [0, 0.05) is 6.42 Å². The van der Waals surface area contributed by atoms with E-state index in [0.29, 0.717) is 12.2 Å². The summed E-state index contributed by atoms with van der Waals surface area (Å²) in [6.45, 7) is 9.84. The summed E-state index contributed by atoms with van der Waals surface area (Å²) in [7, 11) is -0.393. The van der Waals surface area contributed by atoms with Crippen molar-refractivity contribution in [3.05, 3.63) is 24.3 Å². The van der Waals surface area contributed by atoms with E-state index in [-0.39, 0.29) is 17.2 Å². The van der Waals surface area contributed by atoms with Crippen molar-refractivity contribution in [2.75, 3.05) is 0 Å². The van der Waals surface area contributed by atoms with Gasteiger partial charge in [0.25, 0.3) is 0 Å². The van der Waals surface area contributed by atoms with Crippen molar-refractivity contribution in [1.82, 2.24) is 0 Å². The lowest BCUT2D eigenvalue weighted by Crippen LogP contribution is -2.41. The van der Waals surface area contributed by atoms with Gasteiger partial charge in [-0.25, -0.2) is 0 Å². The van der Waals surface area contributed by atoms with E-state index in [1.54, 1.807) is 19.1 Å². The van der Waals surface area contributed by atoms with Crippen LogP contribution in [-0.4, -0.2) is 24.3 Å². The highest BCUT2D eigenvalue weighted by Gasteiger charge is 2.51. The first-order chi connectivity index (χ1) is 9.25. The predicted octanol–water partition coefficient (Wildman–Crippen LogP) is 2.30. The number of rotatable bonds is 3. The van der Waals surface area contributed by atoms with Gasteiger partial charge in [-0.3, -0.25) is 4.79 Å². The van der Waals surface area contributed by atoms with Crippen molar-refractivity contribution in [2.24, 2.45) is 0 Å². The zero-order valence-electron chi connectivity index (χ0n) is 12.7. The minimum Gasteiger partial charge on any atom is -0.427 e. The van der Waals surface area contributed by atoms with Crippen molar-refractivity contribution in [2.45, 2.75) is 52.2 Å². The summed E-state index contributed by atoms with van der Waals surface area (Å²) in [5.41, 5.74) is 0.204. The van der Waals surface area contributed by atoms with Gasteiger partial charge in [0.05, 0.1) is 11.2 Å². The molecule has 0 atom stereocenters. The molecule has 0 bridgehead atoms. The summed E-state index contributed by atoms with van der Waals surface area (Å²) in [5, 5.41) is 0. The van der Waals surface area contributed by atoms with E-state index in [1.165, 1.54) is 0 Å². The van der Waals surface area contributed by atoms with E-state index < -0.39 is 7.12 Å². The molecule has 1 aliphatic rings. The maximum Gasteiger partial charge on any atom is 0.494 e. The number of esters is 1. The van der Waals surface area contributed by atoms with Gasteiger partial charge in [-0.1, -0.05) is 19.1 Å². The Labute approximate surface area is 120 Å². The Morgan fingerprint density at radius 1 is 1.10 bits per heavy atom. The SMILES string of the molecule is CCC(=O)Oc1ccc(B2OC(C)(C)C(C)(C)O2)cc1. The van der Waals surface area contributed by atoms with Crippen molar-refractivity contribution < 1.29 is 18.8 Å². The third-order valence-corrected chi connectivity index (χ3v) is 3.93. The molecule has 5 heteroatoms. The largest absolute Gasteiger partial charge is 0.494 e. The van der Waals surface area contributed by atoms with Crippen LogP contribution in [0.2, 0.25) is 0 Å². The Balaban J connectivity index is 2.10. The summed E-state index contributed by atoms with van der Waals surface area (Å²) < 4.78 is 17.1. The van der Waals surface area contributed by atoms with E-state index in [4.69, 9.17) is 14.0 Å². The molecule has 1 heterocycles. The van der Waals surface area contributed by atoms with Crippen LogP contribution in [0.3, 0.4) is 0 Å². The molecule has 0 radical (unpaired) electrons. The molecule has 1 saturated heterocycles. The van der Waals surface area contributed by atoms with Crippen molar-refractivity contribution >= 4 is 18.6 Å². The highest BCUT2D eigenvalue weighted by molar-refractivity contribution is 6.62. The third kappa shape index (κ3) is 2.89. The van der Waals surface area contributed by atoms with Crippen LogP contribution in [0.25, 0.3) is 0 Å². The fourth-order valence-electron chi connectivity index (χ4n) is 1.88. The van der Waals surface area contributed by atoms with E-state index >= 15 is 0 Å². The van der Waals surface area contributed by atoms with Crippen molar-refractivity contribution in [3.63, 3.8) is 0 Å². The molecule has 20 heavy (non-hydrogen) atoms. The summed E-state index contributed by atoms with van der Waals surface area (Å²) in [6.07, 6.45) is 0.360. The Morgan fingerprint density at radius 3 is 2.05 bits per heavy atom. The first-order valence-corrected chi connectivity index (χ1v) is 6.91. The van der Waals surface area contributed by atoms with Gasteiger partial charge in [-0.15, -0.1) is 0 Å². The van der Waals surface area contributed by atoms with Crippen molar-refractivity contribution in [1.29, 1.82) is 0 Å². The average Bonchev–Trinajstić information content (AvgIpc) is 2.59. The van der Waals surface area contributed by atoms with Crippen LogP contribution < -0.4 is 10.2 Å². The summed E-state index contributed by atoms with van der Waals surface area (Å²) in [5.74, 6) is 0.297. The van der Waals surface area contributed by atoms with Crippen LogP contribution in [-0.2, 0) is 14.1 Å². The highest BCUT2D eigenvalue weighted by Crippen LogP contribution is 2.36. The topological polar surface area (TPSA) is 44.8 Å². The summed E-state index contributed by atoms with van der Waals surface area (Å²) >= 11 is 0. The molecule has 0 N–H and O–H groups in total. The molecule has 0 unspecified atom stereocenters.